The Balaban J connectivity index is 2.38. The SMILES string of the molecule is CCC1CC(O)OC1C. The van der Waals surface area contributed by atoms with Crippen LogP contribution in [0.3, 0.4) is 0 Å². The number of rotatable bonds is 1. The van der Waals surface area contributed by atoms with E-state index in [0.717, 1.165) is 12.8 Å². The second-order valence-electron chi connectivity index (χ2n) is 2.70. The van der Waals surface area contributed by atoms with Gasteiger partial charge in [-0.25, -0.2) is 0 Å². The second kappa shape index (κ2) is 2.67. The molecule has 1 aliphatic heterocycles. The van der Waals surface area contributed by atoms with Gasteiger partial charge in [-0.05, 0) is 12.8 Å². The Bertz CT molecular complexity index is 92.9. The summed E-state index contributed by atoms with van der Waals surface area (Å²) in [6, 6.07) is 0. The fraction of sp³-hybridized carbons (Fsp3) is 1.00. The van der Waals surface area contributed by atoms with Gasteiger partial charge >= 0.3 is 0 Å². The number of aliphatic hydroxyl groups is 1. The summed E-state index contributed by atoms with van der Waals surface area (Å²) in [6.45, 7) is 4.15. The van der Waals surface area contributed by atoms with E-state index >= 15 is 0 Å². The first-order valence-electron chi connectivity index (χ1n) is 3.57. The molecule has 1 rings (SSSR count). The van der Waals surface area contributed by atoms with Gasteiger partial charge < -0.3 is 9.84 Å². The van der Waals surface area contributed by atoms with Crippen LogP contribution in [0, 0.1) is 5.92 Å². The molecular weight excluding hydrogens is 116 g/mol. The zero-order chi connectivity index (χ0) is 6.85. The summed E-state index contributed by atoms with van der Waals surface area (Å²) in [5.74, 6) is 0.569. The first kappa shape index (κ1) is 7.03. The normalized spacial score (nSPS) is 43.7. The fourth-order valence-corrected chi connectivity index (χ4v) is 1.36. The van der Waals surface area contributed by atoms with Crippen LogP contribution in [0.25, 0.3) is 0 Å². The standard InChI is InChI=1S/C7H14O2/c1-3-6-4-7(8)9-5(6)2/h5-8H,3-4H2,1-2H3. The monoisotopic (exact) mass is 130 g/mol. The highest BCUT2D eigenvalue weighted by Gasteiger charge is 2.28. The van der Waals surface area contributed by atoms with Gasteiger partial charge in [-0.3, -0.25) is 0 Å². The molecule has 0 aliphatic carbocycles. The van der Waals surface area contributed by atoms with Crippen molar-refractivity contribution in [3.8, 4) is 0 Å². The Hall–Kier alpha value is -0.0800. The zero-order valence-corrected chi connectivity index (χ0v) is 6.00. The molecule has 0 aromatic carbocycles. The maximum Gasteiger partial charge on any atom is 0.155 e. The van der Waals surface area contributed by atoms with E-state index in [2.05, 4.69) is 6.92 Å². The third kappa shape index (κ3) is 1.43. The lowest BCUT2D eigenvalue weighted by atomic mass is 10.00. The van der Waals surface area contributed by atoms with Crippen molar-refractivity contribution in [2.75, 3.05) is 0 Å². The van der Waals surface area contributed by atoms with E-state index in [0.29, 0.717) is 5.92 Å². The van der Waals surface area contributed by atoms with Gasteiger partial charge in [0.15, 0.2) is 6.29 Å². The predicted molar refractivity (Wildman–Crippen MR) is 35.0 cm³/mol. The van der Waals surface area contributed by atoms with E-state index in [4.69, 9.17) is 9.84 Å². The molecular formula is C7H14O2. The summed E-state index contributed by atoms with van der Waals surface area (Å²) in [7, 11) is 0. The number of hydrogen-bond acceptors (Lipinski definition) is 2. The van der Waals surface area contributed by atoms with Gasteiger partial charge in [-0.15, -0.1) is 0 Å². The van der Waals surface area contributed by atoms with Crippen LogP contribution in [0.4, 0.5) is 0 Å². The van der Waals surface area contributed by atoms with Crippen LogP contribution in [0.2, 0.25) is 0 Å². The molecule has 0 spiro atoms. The van der Waals surface area contributed by atoms with Gasteiger partial charge in [-0.2, -0.15) is 0 Å². The summed E-state index contributed by atoms with van der Waals surface area (Å²) in [5, 5.41) is 8.98. The largest absolute Gasteiger partial charge is 0.368 e. The van der Waals surface area contributed by atoms with Crippen LogP contribution in [-0.2, 0) is 4.74 Å². The fourth-order valence-electron chi connectivity index (χ4n) is 1.36. The summed E-state index contributed by atoms with van der Waals surface area (Å²) in [4.78, 5) is 0. The van der Waals surface area contributed by atoms with Crippen molar-refractivity contribution in [1.82, 2.24) is 0 Å². The highest BCUT2D eigenvalue weighted by Crippen LogP contribution is 2.26. The van der Waals surface area contributed by atoms with Crippen LogP contribution < -0.4 is 0 Å². The van der Waals surface area contributed by atoms with Crippen molar-refractivity contribution >= 4 is 0 Å². The van der Waals surface area contributed by atoms with Crippen LogP contribution in [-0.4, -0.2) is 17.5 Å². The van der Waals surface area contributed by atoms with E-state index in [-0.39, 0.29) is 6.10 Å². The van der Waals surface area contributed by atoms with Crippen LogP contribution >= 0.6 is 0 Å². The average Bonchev–Trinajstić information content (AvgIpc) is 2.10. The van der Waals surface area contributed by atoms with Crippen molar-refractivity contribution in [2.45, 2.75) is 39.1 Å². The summed E-state index contributed by atoms with van der Waals surface area (Å²) in [5.41, 5.74) is 0. The van der Waals surface area contributed by atoms with Crippen molar-refractivity contribution in [2.24, 2.45) is 5.92 Å². The molecule has 3 unspecified atom stereocenters. The van der Waals surface area contributed by atoms with Crippen molar-refractivity contribution < 1.29 is 9.84 Å². The summed E-state index contributed by atoms with van der Waals surface area (Å²) < 4.78 is 5.12. The highest BCUT2D eigenvalue weighted by atomic mass is 16.6. The van der Waals surface area contributed by atoms with Crippen LogP contribution in [0.15, 0.2) is 0 Å². The molecule has 0 bridgehead atoms. The Kier molecular flexibility index (Phi) is 2.09. The number of aliphatic hydroxyl groups excluding tert-OH is 1. The van der Waals surface area contributed by atoms with E-state index in [1.807, 2.05) is 6.92 Å². The highest BCUT2D eigenvalue weighted by molar-refractivity contribution is 4.72. The van der Waals surface area contributed by atoms with Gasteiger partial charge in [0.25, 0.3) is 0 Å². The van der Waals surface area contributed by atoms with E-state index < -0.39 is 6.29 Å². The Labute approximate surface area is 55.8 Å². The molecule has 3 atom stereocenters. The quantitative estimate of drug-likeness (QED) is 0.576. The van der Waals surface area contributed by atoms with Crippen molar-refractivity contribution in [1.29, 1.82) is 0 Å². The Morgan fingerprint density at radius 3 is 2.56 bits per heavy atom. The van der Waals surface area contributed by atoms with Crippen molar-refractivity contribution in [3.63, 3.8) is 0 Å². The number of ether oxygens (including phenoxy) is 1. The first-order valence-corrected chi connectivity index (χ1v) is 3.57. The number of hydrogen-bond donors (Lipinski definition) is 1. The third-order valence-corrected chi connectivity index (χ3v) is 2.06. The smallest absolute Gasteiger partial charge is 0.155 e. The molecule has 0 radical (unpaired) electrons. The van der Waals surface area contributed by atoms with Crippen molar-refractivity contribution in [3.05, 3.63) is 0 Å². The maximum atomic E-state index is 8.98. The topological polar surface area (TPSA) is 29.5 Å². The molecule has 2 nitrogen and oxygen atoms in total. The first-order chi connectivity index (χ1) is 4.24. The molecule has 0 aromatic rings. The molecule has 0 amide bonds. The third-order valence-electron chi connectivity index (χ3n) is 2.06. The molecule has 2 heteroatoms. The van der Waals surface area contributed by atoms with Gasteiger partial charge in [0.05, 0.1) is 6.10 Å². The molecule has 1 saturated heterocycles. The lowest BCUT2D eigenvalue weighted by Gasteiger charge is -2.08. The van der Waals surface area contributed by atoms with E-state index in [1.54, 1.807) is 0 Å². The summed E-state index contributed by atoms with van der Waals surface area (Å²) in [6.07, 6.45) is 1.69. The molecule has 1 N–H and O–H groups in total. The van der Waals surface area contributed by atoms with Gasteiger partial charge in [-0.1, -0.05) is 13.3 Å². The molecule has 54 valence electrons. The van der Waals surface area contributed by atoms with Gasteiger partial charge in [0, 0.05) is 6.42 Å². The molecule has 1 heterocycles. The average molecular weight is 130 g/mol. The minimum Gasteiger partial charge on any atom is -0.368 e. The molecule has 0 aromatic heterocycles. The molecule has 1 fully saturated rings. The molecule has 1 aliphatic rings. The van der Waals surface area contributed by atoms with E-state index in [9.17, 15) is 0 Å². The predicted octanol–water partition coefficient (Wildman–Crippen LogP) is 1.14. The minimum absolute atomic E-state index is 0.255. The maximum absolute atomic E-state index is 8.98. The molecule has 9 heavy (non-hydrogen) atoms. The van der Waals surface area contributed by atoms with Gasteiger partial charge in [0.2, 0.25) is 0 Å². The molecule has 0 saturated carbocycles. The van der Waals surface area contributed by atoms with E-state index in [1.165, 1.54) is 0 Å². The minimum atomic E-state index is -0.495. The Morgan fingerprint density at radius 2 is 2.33 bits per heavy atom. The zero-order valence-electron chi connectivity index (χ0n) is 6.00. The van der Waals surface area contributed by atoms with Gasteiger partial charge in [0.1, 0.15) is 0 Å². The lowest BCUT2D eigenvalue weighted by Crippen LogP contribution is -2.09. The van der Waals surface area contributed by atoms with Crippen LogP contribution in [0.5, 0.6) is 0 Å². The summed E-state index contributed by atoms with van der Waals surface area (Å²) >= 11 is 0. The lowest BCUT2D eigenvalue weighted by molar-refractivity contribution is -0.0865. The Morgan fingerprint density at radius 1 is 1.67 bits per heavy atom. The van der Waals surface area contributed by atoms with Crippen LogP contribution in [0.1, 0.15) is 26.7 Å². The second-order valence-corrected chi connectivity index (χ2v) is 2.70.